The van der Waals surface area contributed by atoms with E-state index in [4.69, 9.17) is 4.74 Å². The predicted molar refractivity (Wildman–Crippen MR) is 115 cm³/mol. The monoisotopic (exact) mass is 407 g/mol. The van der Waals surface area contributed by atoms with E-state index in [9.17, 15) is 9.59 Å². The van der Waals surface area contributed by atoms with Crippen molar-refractivity contribution in [3.8, 4) is 5.75 Å². The number of hydrogen-bond acceptors (Lipinski definition) is 4. The van der Waals surface area contributed by atoms with E-state index in [1.54, 1.807) is 26.3 Å². The molecular weight excluding hydrogens is 378 g/mol. The molecule has 0 bridgehead atoms. The highest BCUT2D eigenvalue weighted by Gasteiger charge is 2.57. The van der Waals surface area contributed by atoms with E-state index in [0.717, 1.165) is 26.1 Å². The van der Waals surface area contributed by atoms with E-state index in [0.29, 0.717) is 17.7 Å². The highest BCUT2D eigenvalue weighted by molar-refractivity contribution is 5.95. The van der Waals surface area contributed by atoms with Crippen molar-refractivity contribution < 1.29 is 14.3 Å². The van der Waals surface area contributed by atoms with Crippen LogP contribution in [0.2, 0.25) is 0 Å². The quantitative estimate of drug-likeness (QED) is 0.772. The Labute approximate surface area is 177 Å². The second kappa shape index (κ2) is 8.48. The van der Waals surface area contributed by atoms with Crippen LogP contribution in [0.25, 0.3) is 0 Å². The minimum Gasteiger partial charge on any atom is -0.497 e. The summed E-state index contributed by atoms with van der Waals surface area (Å²) in [5.41, 5.74) is 1.38. The maximum atomic E-state index is 12.9. The molecule has 0 radical (unpaired) electrons. The van der Waals surface area contributed by atoms with Gasteiger partial charge in [0, 0.05) is 38.3 Å². The molecule has 1 saturated carbocycles. The topological polar surface area (TPSA) is 70.7 Å². The lowest BCUT2D eigenvalue weighted by Gasteiger charge is -2.27. The molecule has 158 valence electrons. The number of nitrogens with zero attached hydrogens (tertiary/aromatic N) is 1. The van der Waals surface area contributed by atoms with Gasteiger partial charge in [0.25, 0.3) is 5.91 Å². The number of hydrogen-bond donors (Lipinski definition) is 2. The number of likely N-dealkylation sites (tertiary alicyclic amines) is 1. The van der Waals surface area contributed by atoms with Crippen molar-refractivity contribution in [2.75, 3.05) is 27.2 Å². The zero-order valence-corrected chi connectivity index (χ0v) is 17.6. The van der Waals surface area contributed by atoms with Crippen LogP contribution in [0, 0.1) is 11.3 Å². The Morgan fingerprint density at radius 1 is 1.17 bits per heavy atom. The van der Waals surface area contributed by atoms with Crippen LogP contribution in [0.1, 0.15) is 28.8 Å². The maximum Gasteiger partial charge on any atom is 0.251 e. The summed E-state index contributed by atoms with van der Waals surface area (Å²) in [5.74, 6) is 0.856. The van der Waals surface area contributed by atoms with Gasteiger partial charge < -0.3 is 15.4 Å². The Morgan fingerprint density at radius 3 is 2.70 bits per heavy atom. The molecule has 1 saturated heterocycles. The normalized spacial score (nSPS) is 25.5. The van der Waals surface area contributed by atoms with Gasteiger partial charge in [-0.15, -0.1) is 0 Å². The molecule has 2 aromatic carbocycles. The van der Waals surface area contributed by atoms with Crippen molar-refractivity contribution in [1.82, 2.24) is 15.5 Å². The number of rotatable bonds is 6. The Balaban J connectivity index is 1.45. The number of carbonyl (C=O) groups is 2. The van der Waals surface area contributed by atoms with Gasteiger partial charge in [0.15, 0.2) is 0 Å². The molecule has 2 aliphatic rings. The lowest BCUT2D eigenvalue weighted by atomic mass is 9.80. The third-order valence-corrected chi connectivity index (χ3v) is 6.54. The summed E-state index contributed by atoms with van der Waals surface area (Å²) in [4.78, 5) is 28.1. The Kier molecular flexibility index (Phi) is 5.77. The van der Waals surface area contributed by atoms with Gasteiger partial charge in [-0.25, -0.2) is 0 Å². The number of benzene rings is 2. The average Bonchev–Trinajstić information content (AvgIpc) is 3.27. The molecule has 2 aromatic rings. The Bertz CT molecular complexity index is 917. The average molecular weight is 408 g/mol. The van der Waals surface area contributed by atoms with E-state index in [1.807, 2.05) is 30.3 Å². The van der Waals surface area contributed by atoms with Crippen LogP contribution in [0.4, 0.5) is 0 Å². The lowest BCUT2D eigenvalue weighted by Crippen LogP contribution is -2.44. The van der Waals surface area contributed by atoms with Crippen LogP contribution in [-0.2, 0) is 11.3 Å². The second-order valence-corrected chi connectivity index (χ2v) is 8.43. The maximum absolute atomic E-state index is 12.9. The standard InChI is InChI=1S/C24H29N3O3/c1-25-23(29)24-13-20(26-22(28)18-9-6-10-21(11-18)30-2)12-19(24)15-27(16-24)14-17-7-4-3-5-8-17/h3-11,19-20H,12-16H2,1-2H3,(H,25,29)(H,26,28)/t19-,20-,24-/m0/s1. The fourth-order valence-corrected chi connectivity index (χ4v) is 5.18. The Morgan fingerprint density at radius 2 is 1.97 bits per heavy atom. The first kappa shape index (κ1) is 20.4. The summed E-state index contributed by atoms with van der Waals surface area (Å²) in [6, 6.07) is 17.5. The molecule has 30 heavy (non-hydrogen) atoms. The van der Waals surface area contributed by atoms with Gasteiger partial charge in [0.1, 0.15) is 5.75 Å². The molecule has 2 fully saturated rings. The summed E-state index contributed by atoms with van der Waals surface area (Å²) in [6.07, 6.45) is 1.48. The van der Waals surface area contributed by atoms with Gasteiger partial charge >= 0.3 is 0 Å². The van der Waals surface area contributed by atoms with Gasteiger partial charge in [-0.3, -0.25) is 14.5 Å². The minimum atomic E-state index is -0.449. The van der Waals surface area contributed by atoms with Crippen molar-refractivity contribution in [2.24, 2.45) is 11.3 Å². The fraction of sp³-hybridized carbons (Fsp3) is 0.417. The third-order valence-electron chi connectivity index (χ3n) is 6.54. The predicted octanol–water partition coefficient (Wildman–Crippen LogP) is 2.45. The van der Waals surface area contributed by atoms with Crippen molar-refractivity contribution >= 4 is 11.8 Å². The number of methoxy groups -OCH3 is 1. The second-order valence-electron chi connectivity index (χ2n) is 8.43. The van der Waals surface area contributed by atoms with Crippen LogP contribution in [0.15, 0.2) is 54.6 Å². The fourth-order valence-electron chi connectivity index (χ4n) is 5.18. The summed E-state index contributed by atoms with van der Waals surface area (Å²) in [7, 11) is 3.29. The molecule has 0 spiro atoms. The molecule has 1 aliphatic heterocycles. The van der Waals surface area contributed by atoms with Crippen molar-refractivity contribution in [3.05, 3.63) is 65.7 Å². The number of amides is 2. The Hall–Kier alpha value is -2.86. The van der Waals surface area contributed by atoms with E-state index >= 15 is 0 Å². The number of fused-ring (bicyclic) bond motifs is 1. The molecule has 1 aliphatic carbocycles. The molecule has 2 N–H and O–H groups in total. The molecule has 6 nitrogen and oxygen atoms in total. The molecule has 4 rings (SSSR count). The molecular formula is C24H29N3O3. The number of nitrogens with one attached hydrogen (secondary N) is 2. The van der Waals surface area contributed by atoms with E-state index in [2.05, 4.69) is 27.7 Å². The van der Waals surface area contributed by atoms with Crippen molar-refractivity contribution in [1.29, 1.82) is 0 Å². The zero-order valence-electron chi connectivity index (χ0n) is 17.6. The smallest absolute Gasteiger partial charge is 0.251 e. The summed E-state index contributed by atoms with van der Waals surface area (Å²) in [6.45, 7) is 2.43. The highest BCUT2D eigenvalue weighted by Crippen LogP contribution is 2.49. The van der Waals surface area contributed by atoms with Crippen LogP contribution >= 0.6 is 0 Å². The van der Waals surface area contributed by atoms with Gasteiger partial charge in [-0.2, -0.15) is 0 Å². The van der Waals surface area contributed by atoms with Crippen LogP contribution in [-0.4, -0.2) is 50.0 Å². The molecule has 1 heterocycles. The number of carbonyl (C=O) groups excluding carboxylic acids is 2. The summed E-state index contributed by atoms with van der Waals surface area (Å²) >= 11 is 0. The lowest BCUT2D eigenvalue weighted by molar-refractivity contribution is -0.131. The third kappa shape index (κ3) is 3.92. The molecule has 0 aromatic heterocycles. The first-order chi connectivity index (χ1) is 14.5. The van der Waals surface area contributed by atoms with Crippen LogP contribution < -0.4 is 15.4 Å². The van der Waals surface area contributed by atoms with Crippen LogP contribution in [0.3, 0.4) is 0 Å². The molecule has 6 heteroatoms. The van der Waals surface area contributed by atoms with E-state index in [1.165, 1.54) is 5.56 Å². The highest BCUT2D eigenvalue weighted by atomic mass is 16.5. The van der Waals surface area contributed by atoms with Gasteiger partial charge in [-0.1, -0.05) is 36.4 Å². The number of ether oxygens (including phenoxy) is 1. The zero-order chi connectivity index (χ0) is 21.1. The van der Waals surface area contributed by atoms with Crippen LogP contribution in [0.5, 0.6) is 5.75 Å². The largest absolute Gasteiger partial charge is 0.497 e. The minimum absolute atomic E-state index is 0.00937. The van der Waals surface area contributed by atoms with E-state index < -0.39 is 5.41 Å². The first-order valence-electron chi connectivity index (χ1n) is 10.5. The molecule has 3 atom stereocenters. The molecule has 0 unspecified atom stereocenters. The van der Waals surface area contributed by atoms with Crippen molar-refractivity contribution in [2.45, 2.75) is 25.4 Å². The SMILES string of the molecule is CNC(=O)[C@]12C[C@@H](NC(=O)c3cccc(OC)c3)C[C@H]1CN(Cc1ccccc1)C2. The van der Waals surface area contributed by atoms with Crippen molar-refractivity contribution in [3.63, 3.8) is 0 Å². The van der Waals surface area contributed by atoms with Gasteiger partial charge in [-0.05, 0) is 42.5 Å². The van der Waals surface area contributed by atoms with E-state index in [-0.39, 0.29) is 23.8 Å². The summed E-state index contributed by atoms with van der Waals surface area (Å²) < 4.78 is 5.22. The summed E-state index contributed by atoms with van der Waals surface area (Å²) in [5, 5.41) is 6.03. The molecule has 2 amide bonds. The first-order valence-corrected chi connectivity index (χ1v) is 10.5. The van der Waals surface area contributed by atoms with Gasteiger partial charge in [0.05, 0.1) is 12.5 Å². The van der Waals surface area contributed by atoms with Gasteiger partial charge in [0.2, 0.25) is 5.91 Å².